The molecule has 0 bridgehead atoms. The SMILES string of the molecule is O=C(CCCN1C(=O)c2ccccc2C1=O)N1CCSC(c2ccccc2Cl)CC1. The summed E-state index contributed by atoms with van der Waals surface area (Å²) in [6.45, 7) is 1.66. The third-order valence-electron chi connectivity index (χ3n) is 5.60. The second-order valence-corrected chi connectivity index (χ2v) is 9.18. The highest BCUT2D eigenvalue weighted by molar-refractivity contribution is 7.99. The van der Waals surface area contributed by atoms with Crippen LogP contribution in [0.2, 0.25) is 5.02 Å². The molecule has 0 aromatic heterocycles. The molecule has 2 aromatic carbocycles. The van der Waals surface area contributed by atoms with Gasteiger partial charge in [-0.3, -0.25) is 19.3 Å². The highest BCUT2D eigenvalue weighted by Crippen LogP contribution is 2.37. The maximum Gasteiger partial charge on any atom is 0.261 e. The number of hydrogen-bond acceptors (Lipinski definition) is 4. The average molecular weight is 443 g/mol. The van der Waals surface area contributed by atoms with E-state index in [4.69, 9.17) is 11.6 Å². The molecule has 156 valence electrons. The van der Waals surface area contributed by atoms with Crippen LogP contribution in [0.4, 0.5) is 0 Å². The standard InChI is InChI=1S/C23H23ClN2O3S/c24-19-9-4-3-8-18(19)20-11-13-25(14-15-30-20)21(27)10-5-12-26-22(28)16-6-1-2-7-17(16)23(26)29/h1-4,6-9,20H,5,10-15H2. The number of imide groups is 1. The van der Waals surface area contributed by atoms with Gasteiger partial charge in [0.1, 0.15) is 0 Å². The Labute approximate surface area is 185 Å². The van der Waals surface area contributed by atoms with Gasteiger partial charge in [-0.15, -0.1) is 0 Å². The molecule has 0 saturated carbocycles. The molecule has 7 heteroatoms. The van der Waals surface area contributed by atoms with E-state index in [-0.39, 0.29) is 29.5 Å². The Morgan fingerprint density at radius 1 is 1.00 bits per heavy atom. The first kappa shape index (κ1) is 20.9. The third kappa shape index (κ3) is 4.25. The predicted molar refractivity (Wildman–Crippen MR) is 119 cm³/mol. The number of rotatable bonds is 5. The van der Waals surface area contributed by atoms with E-state index in [1.165, 1.54) is 4.90 Å². The van der Waals surface area contributed by atoms with Crippen molar-refractivity contribution in [2.75, 3.05) is 25.4 Å². The summed E-state index contributed by atoms with van der Waals surface area (Å²) in [4.78, 5) is 40.7. The molecule has 3 amide bonds. The molecule has 1 atom stereocenters. The molecule has 2 heterocycles. The number of thioether (sulfide) groups is 1. The van der Waals surface area contributed by atoms with Crippen LogP contribution in [0.1, 0.15) is 50.8 Å². The Morgan fingerprint density at radius 3 is 2.37 bits per heavy atom. The van der Waals surface area contributed by atoms with Crippen LogP contribution in [0.5, 0.6) is 0 Å². The molecule has 1 fully saturated rings. The van der Waals surface area contributed by atoms with E-state index < -0.39 is 0 Å². The van der Waals surface area contributed by atoms with E-state index >= 15 is 0 Å². The zero-order valence-electron chi connectivity index (χ0n) is 16.6. The number of benzene rings is 2. The number of halogens is 1. The van der Waals surface area contributed by atoms with E-state index in [2.05, 4.69) is 6.07 Å². The van der Waals surface area contributed by atoms with Crippen molar-refractivity contribution in [1.29, 1.82) is 0 Å². The fourth-order valence-corrected chi connectivity index (χ4v) is 5.59. The van der Waals surface area contributed by atoms with Crippen molar-refractivity contribution in [2.45, 2.75) is 24.5 Å². The molecule has 0 radical (unpaired) electrons. The third-order valence-corrected chi connectivity index (χ3v) is 7.25. The lowest BCUT2D eigenvalue weighted by Crippen LogP contribution is -2.35. The van der Waals surface area contributed by atoms with E-state index in [1.807, 2.05) is 34.9 Å². The summed E-state index contributed by atoms with van der Waals surface area (Å²) in [6.07, 6.45) is 1.66. The van der Waals surface area contributed by atoms with Crippen molar-refractivity contribution < 1.29 is 14.4 Å². The Hall–Kier alpha value is -2.31. The Kier molecular flexibility index (Phi) is 6.44. The van der Waals surface area contributed by atoms with Crippen LogP contribution < -0.4 is 0 Å². The van der Waals surface area contributed by atoms with Crippen molar-refractivity contribution in [3.63, 3.8) is 0 Å². The number of nitrogens with zero attached hydrogens (tertiary/aromatic N) is 2. The second-order valence-electron chi connectivity index (χ2n) is 7.46. The molecule has 5 nitrogen and oxygen atoms in total. The van der Waals surface area contributed by atoms with Gasteiger partial charge >= 0.3 is 0 Å². The van der Waals surface area contributed by atoms with Gasteiger partial charge in [0.25, 0.3) is 11.8 Å². The summed E-state index contributed by atoms with van der Waals surface area (Å²) in [5.41, 5.74) is 2.03. The van der Waals surface area contributed by atoms with Gasteiger partial charge in [0, 0.05) is 42.1 Å². The molecule has 30 heavy (non-hydrogen) atoms. The largest absolute Gasteiger partial charge is 0.342 e. The molecule has 2 aliphatic rings. The first-order valence-corrected chi connectivity index (χ1v) is 11.6. The molecule has 1 unspecified atom stereocenters. The highest BCUT2D eigenvalue weighted by Gasteiger charge is 2.34. The Morgan fingerprint density at radius 2 is 1.67 bits per heavy atom. The number of amides is 3. The minimum absolute atomic E-state index is 0.0759. The molecule has 2 aliphatic heterocycles. The number of fused-ring (bicyclic) bond motifs is 1. The van der Waals surface area contributed by atoms with E-state index in [0.717, 1.165) is 22.8 Å². The van der Waals surface area contributed by atoms with Crippen molar-refractivity contribution in [2.24, 2.45) is 0 Å². The molecule has 4 rings (SSSR count). The maximum absolute atomic E-state index is 12.7. The van der Waals surface area contributed by atoms with Gasteiger partial charge in [-0.1, -0.05) is 41.9 Å². The first-order valence-electron chi connectivity index (χ1n) is 10.2. The smallest absolute Gasteiger partial charge is 0.261 e. The maximum atomic E-state index is 12.7. The van der Waals surface area contributed by atoms with Gasteiger partial charge in [0.2, 0.25) is 5.91 Å². The summed E-state index contributed by atoms with van der Waals surface area (Å²) >= 11 is 8.18. The van der Waals surface area contributed by atoms with Crippen molar-refractivity contribution in [3.05, 3.63) is 70.2 Å². The Balaban J connectivity index is 1.28. The van der Waals surface area contributed by atoms with Gasteiger partial charge in [-0.25, -0.2) is 0 Å². The predicted octanol–water partition coefficient (Wildman–Crippen LogP) is 4.42. The van der Waals surface area contributed by atoms with Crippen LogP contribution in [0.3, 0.4) is 0 Å². The van der Waals surface area contributed by atoms with Crippen LogP contribution in [-0.4, -0.2) is 52.9 Å². The lowest BCUT2D eigenvalue weighted by Gasteiger charge is -2.21. The Bertz CT molecular complexity index is 945. The first-order chi connectivity index (χ1) is 14.6. The lowest BCUT2D eigenvalue weighted by molar-refractivity contribution is -0.131. The highest BCUT2D eigenvalue weighted by atomic mass is 35.5. The van der Waals surface area contributed by atoms with Gasteiger partial charge in [-0.05, 0) is 36.6 Å². The fraction of sp³-hybridized carbons (Fsp3) is 0.348. The number of carbonyl (C=O) groups excluding carboxylic acids is 3. The van der Waals surface area contributed by atoms with Crippen molar-refractivity contribution >= 4 is 41.1 Å². The van der Waals surface area contributed by atoms with Gasteiger partial charge < -0.3 is 4.90 Å². The minimum atomic E-state index is -0.267. The summed E-state index contributed by atoms with van der Waals surface area (Å²) in [5, 5.41) is 1.06. The van der Waals surface area contributed by atoms with Crippen LogP contribution in [0.15, 0.2) is 48.5 Å². The van der Waals surface area contributed by atoms with Gasteiger partial charge in [0.05, 0.1) is 11.1 Å². The van der Waals surface area contributed by atoms with Gasteiger partial charge in [0.15, 0.2) is 0 Å². The average Bonchev–Trinajstić information content (AvgIpc) is 2.92. The van der Waals surface area contributed by atoms with Crippen LogP contribution in [-0.2, 0) is 4.79 Å². The summed E-state index contributed by atoms with van der Waals surface area (Å²) in [5.74, 6) is 0.403. The van der Waals surface area contributed by atoms with Crippen LogP contribution >= 0.6 is 23.4 Å². The summed E-state index contributed by atoms with van der Waals surface area (Å²) in [6, 6.07) is 14.7. The molecule has 0 spiro atoms. The molecule has 0 aliphatic carbocycles. The normalized spacial score (nSPS) is 19.0. The molecular formula is C23H23ClN2O3S. The van der Waals surface area contributed by atoms with E-state index in [9.17, 15) is 14.4 Å². The quantitative estimate of drug-likeness (QED) is 0.643. The molecule has 2 aromatic rings. The van der Waals surface area contributed by atoms with Crippen LogP contribution in [0.25, 0.3) is 0 Å². The summed E-state index contributed by atoms with van der Waals surface area (Å²) in [7, 11) is 0. The van der Waals surface area contributed by atoms with Crippen molar-refractivity contribution in [3.8, 4) is 0 Å². The number of carbonyl (C=O) groups is 3. The summed E-state index contributed by atoms with van der Waals surface area (Å²) < 4.78 is 0. The van der Waals surface area contributed by atoms with Crippen LogP contribution in [0, 0.1) is 0 Å². The topological polar surface area (TPSA) is 57.7 Å². The van der Waals surface area contributed by atoms with E-state index in [1.54, 1.807) is 24.3 Å². The second kappa shape index (κ2) is 9.23. The molecule has 0 N–H and O–H groups in total. The van der Waals surface area contributed by atoms with Crippen molar-refractivity contribution in [1.82, 2.24) is 9.80 Å². The molecule has 1 saturated heterocycles. The number of hydrogen-bond donors (Lipinski definition) is 0. The van der Waals surface area contributed by atoms with E-state index in [0.29, 0.717) is 37.1 Å². The zero-order valence-corrected chi connectivity index (χ0v) is 18.1. The van der Waals surface area contributed by atoms with Gasteiger partial charge in [-0.2, -0.15) is 11.8 Å². The minimum Gasteiger partial charge on any atom is -0.342 e. The fourth-order valence-electron chi connectivity index (χ4n) is 3.99. The molecular weight excluding hydrogens is 420 g/mol. The lowest BCUT2D eigenvalue weighted by atomic mass is 10.1. The zero-order chi connectivity index (χ0) is 21.1. The monoisotopic (exact) mass is 442 g/mol.